The lowest BCUT2D eigenvalue weighted by molar-refractivity contribution is 0.431. The number of nitrogens with two attached hydrogens (primary N) is 1. The highest BCUT2D eigenvalue weighted by Crippen LogP contribution is 2.24. The molecule has 0 saturated heterocycles. The second kappa shape index (κ2) is 3.10. The van der Waals surface area contributed by atoms with Gasteiger partial charge in [-0.1, -0.05) is 5.16 Å². The highest BCUT2D eigenvalue weighted by atomic mass is 16.5. The minimum absolute atomic E-state index is 0.281. The maximum absolute atomic E-state index is 5.51. The van der Waals surface area contributed by atoms with Crippen molar-refractivity contribution in [3.8, 4) is 11.3 Å². The van der Waals surface area contributed by atoms with E-state index in [9.17, 15) is 0 Å². The number of hydrogen-bond acceptors (Lipinski definition) is 5. The highest BCUT2D eigenvalue weighted by Gasteiger charge is 2.12. The molecule has 0 saturated carbocycles. The van der Waals surface area contributed by atoms with Crippen molar-refractivity contribution in [3.63, 3.8) is 0 Å². The van der Waals surface area contributed by atoms with E-state index in [0.29, 0.717) is 5.76 Å². The normalized spacial score (nSPS) is 10.4. The molecule has 0 unspecified atom stereocenters. The standard InChI is InChI=1S/C9H10N4O/c1-5-8(7-3-4-11-14-7)6(2)13-9(10)12-5/h3-4H,1-2H3,(H2,10,12,13). The Hall–Kier alpha value is -1.91. The van der Waals surface area contributed by atoms with Crippen LogP contribution in [-0.4, -0.2) is 15.1 Å². The van der Waals surface area contributed by atoms with Crippen LogP contribution in [0.15, 0.2) is 16.8 Å². The van der Waals surface area contributed by atoms with E-state index in [4.69, 9.17) is 10.3 Å². The Bertz CT molecular complexity index is 427. The summed E-state index contributed by atoms with van der Waals surface area (Å²) in [7, 11) is 0. The maximum Gasteiger partial charge on any atom is 0.220 e. The van der Waals surface area contributed by atoms with Crippen LogP contribution >= 0.6 is 0 Å². The summed E-state index contributed by atoms with van der Waals surface area (Å²) in [5.41, 5.74) is 7.97. The fourth-order valence-corrected chi connectivity index (χ4v) is 1.44. The van der Waals surface area contributed by atoms with Crippen LogP contribution < -0.4 is 5.73 Å². The minimum Gasteiger partial charge on any atom is -0.368 e. The molecule has 5 heteroatoms. The van der Waals surface area contributed by atoms with E-state index in [1.807, 2.05) is 13.8 Å². The molecule has 0 aliphatic rings. The number of nitrogens with zero attached hydrogens (tertiary/aromatic N) is 3. The van der Waals surface area contributed by atoms with Crippen LogP contribution in [0, 0.1) is 13.8 Å². The van der Waals surface area contributed by atoms with Crippen molar-refractivity contribution in [3.05, 3.63) is 23.7 Å². The zero-order valence-electron chi connectivity index (χ0n) is 7.98. The molecule has 2 heterocycles. The number of aryl methyl sites for hydroxylation is 2. The van der Waals surface area contributed by atoms with Crippen molar-refractivity contribution in [2.24, 2.45) is 0 Å². The third-order valence-electron chi connectivity index (χ3n) is 1.97. The molecule has 0 aliphatic heterocycles. The molecule has 5 nitrogen and oxygen atoms in total. The molecule has 0 spiro atoms. The predicted octanol–water partition coefficient (Wildman–Crippen LogP) is 1.33. The van der Waals surface area contributed by atoms with Crippen LogP contribution in [0.4, 0.5) is 5.95 Å². The van der Waals surface area contributed by atoms with Gasteiger partial charge < -0.3 is 10.3 Å². The predicted molar refractivity (Wildman–Crippen MR) is 51.4 cm³/mol. The lowest BCUT2D eigenvalue weighted by Gasteiger charge is -2.04. The smallest absolute Gasteiger partial charge is 0.220 e. The zero-order chi connectivity index (χ0) is 10.1. The first-order valence-corrected chi connectivity index (χ1v) is 4.20. The molecule has 2 N–H and O–H groups in total. The minimum atomic E-state index is 0.281. The molecule has 2 aromatic heterocycles. The number of aromatic nitrogens is 3. The van der Waals surface area contributed by atoms with E-state index < -0.39 is 0 Å². The second-order valence-corrected chi connectivity index (χ2v) is 3.00. The Morgan fingerprint density at radius 3 is 2.36 bits per heavy atom. The van der Waals surface area contributed by atoms with Gasteiger partial charge in [0.05, 0.1) is 23.1 Å². The third-order valence-corrected chi connectivity index (χ3v) is 1.97. The molecule has 2 aromatic rings. The summed E-state index contributed by atoms with van der Waals surface area (Å²) >= 11 is 0. The molecule has 72 valence electrons. The lowest BCUT2D eigenvalue weighted by Crippen LogP contribution is -2.01. The largest absolute Gasteiger partial charge is 0.368 e. The van der Waals surface area contributed by atoms with Gasteiger partial charge in [-0.05, 0) is 13.8 Å². The van der Waals surface area contributed by atoms with Crippen molar-refractivity contribution in [1.29, 1.82) is 0 Å². The summed E-state index contributed by atoms with van der Waals surface area (Å²) in [5.74, 6) is 0.947. The number of hydrogen-bond donors (Lipinski definition) is 1. The first-order chi connectivity index (χ1) is 6.68. The Labute approximate surface area is 81.0 Å². The Kier molecular flexibility index (Phi) is 1.92. The Balaban J connectivity index is 2.64. The van der Waals surface area contributed by atoms with Gasteiger partial charge >= 0.3 is 0 Å². The van der Waals surface area contributed by atoms with E-state index in [2.05, 4.69) is 15.1 Å². The molecule has 0 aliphatic carbocycles. The van der Waals surface area contributed by atoms with E-state index in [0.717, 1.165) is 17.0 Å². The van der Waals surface area contributed by atoms with E-state index in [-0.39, 0.29) is 5.95 Å². The number of anilines is 1. The topological polar surface area (TPSA) is 77.8 Å². The third kappa shape index (κ3) is 1.32. The average Bonchev–Trinajstić information content (AvgIpc) is 2.54. The van der Waals surface area contributed by atoms with Crippen LogP contribution in [0.2, 0.25) is 0 Å². The van der Waals surface area contributed by atoms with Gasteiger partial charge in [0, 0.05) is 6.07 Å². The fraction of sp³-hybridized carbons (Fsp3) is 0.222. The highest BCUT2D eigenvalue weighted by molar-refractivity contribution is 5.62. The summed E-state index contributed by atoms with van der Waals surface area (Å²) in [6.45, 7) is 3.73. The molecule has 0 bridgehead atoms. The molecule has 0 radical (unpaired) electrons. The second-order valence-electron chi connectivity index (χ2n) is 3.00. The fourth-order valence-electron chi connectivity index (χ4n) is 1.44. The summed E-state index contributed by atoms with van der Waals surface area (Å²) < 4.78 is 5.05. The SMILES string of the molecule is Cc1nc(N)nc(C)c1-c1ccno1. The van der Waals surface area contributed by atoms with Crippen LogP contribution in [0.1, 0.15) is 11.4 Å². The van der Waals surface area contributed by atoms with E-state index >= 15 is 0 Å². The van der Waals surface area contributed by atoms with Gasteiger partial charge in [0.1, 0.15) is 0 Å². The van der Waals surface area contributed by atoms with Crippen molar-refractivity contribution >= 4 is 5.95 Å². The zero-order valence-corrected chi connectivity index (χ0v) is 7.98. The summed E-state index contributed by atoms with van der Waals surface area (Å²) in [6, 6.07) is 1.77. The lowest BCUT2D eigenvalue weighted by atomic mass is 10.1. The molecule has 0 aromatic carbocycles. The van der Waals surface area contributed by atoms with Crippen molar-refractivity contribution < 1.29 is 4.52 Å². The quantitative estimate of drug-likeness (QED) is 0.733. The monoisotopic (exact) mass is 190 g/mol. The summed E-state index contributed by atoms with van der Waals surface area (Å²) in [6.07, 6.45) is 1.59. The molecule has 0 amide bonds. The van der Waals surface area contributed by atoms with Gasteiger partial charge in [-0.3, -0.25) is 0 Å². The van der Waals surface area contributed by atoms with Crippen LogP contribution in [0.3, 0.4) is 0 Å². The van der Waals surface area contributed by atoms with Gasteiger partial charge in [0.25, 0.3) is 0 Å². The molecular formula is C9H10N4O. The van der Waals surface area contributed by atoms with Gasteiger partial charge in [0.15, 0.2) is 5.76 Å². The first-order valence-electron chi connectivity index (χ1n) is 4.20. The molecule has 0 fully saturated rings. The van der Waals surface area contributed by atoms with E-state index in [1.54, 1.807) is 12.3 Å². The van der Waals surface area contributed by atoms with Crippen molar-refractivity contribution in [2.75, 3.05) is 5.73 Å². The van der Waals surface area contributed by atoms with Gasteiger partial charge in [0.2, 0.25) is 5.95 Å². The van der Waals surface area contributed by atoms with Gasteiger partial charge in [-0.15, -0.1) is 0 Å². The van der Waals surface area contributed by atoms with Crippen molar-refractivity contribution in [2.45, 2.75) is 13.8 Å². The summed E-state index contributed by atoms with van der Waals surface area (Å²) in [4.78, 5) is 8.14. The summed E-state index contributed by atoms with van der Waals surface area (Å²) in [5, 5.41) is 3.64. The first kappa shape index (κ1) is 8.68. The average molecular weight is 190 g/mol. The molecule has 2 rings (SSSR count). The van der Waals surface area contributed by atoms with Gasteiger partial charge in [-0.25, -0.2) is 9.97 Å². The van der Waals surface area contributed by atoms with Crippen molar-refractivity contribution in [1.82, 2.24) is 15.1 Å². The van der Waals surface area contributed by atoms with Crippen LogP contribution in [0.5, 0.6) is 0 Å². The van der Waals surface area contributed by atoms with Crippen LogP contribution in [-0.2, 0) is 0 Å². The number of rotatable bonds is 1. The molecule has 14 heavy (non-hydrogen) atoms. The molecule has 0 atom stereocenters. The Morgan fingerprint density at radius 1 is 1.21 bits per heavy atom. The van der Waals surface area contributed by atoms with Gasteiger partial charge in [-0.2, -0.15) is 0 Å². The van der Waals surface area contributed by atoms with Crippen LogP contribution in [0.25, 0.3) is 11.3 Å². The Morgan fingerprint density at radius 2 is 1.86 bits per heavy atom. The maximum atomic E-state index is 5.51. The number of nitrogen functional groups attached to an aromatic ring is 1. The molecular weight excluding hydrogens is 180 g/mol. The van der Waals surface area contributed by atoms with E-state index in [1.165, 1.54) is 0 Å².